The molecular formula is C47H59F9N10O5. The Hall–Kier alpha value is -6.17. The van der Waals surface area contributed by atoms with Crippen LogP contribution in [-0.4, -0.2) is 121 Å². The predicted octanol–water partition coefficient (Wildman–Crippen LogP) is 8.91. The number of carbonyl (C=O) groups excluding carboxylic acids is 1. The molecule has 2 aliphatic carbocycles. The molecule has 390 valence electrons. The van der Waals surface area contributed by atoms with Gasteiger partial charge in [-0.15, -0.1) is 26.3 Å². The highest BCUT2D eigenvalue weighted by Crippen LogP contribution is 2.33. The van der Waals surface area contributed by atoms with E-state index in [1.807, 2.05) is 51.8 Å². The van der Waals surface area contributed by atoms with Gasteiger partial charge in [-0.1, -0.05) is 24.3 Å². The first-order chi connectivity index (χ1) is 33.2. The molecule has 2 atom stereocenters. The SMILES string of the molecule is Cc1cnc(N[C@H]2CC[C@@H](NCC(C(=O)C(CN[C@H]3CC[C@@H](Nc4ncc(C)c(N(C)C)n4)CC3)c3ccc(OC(F)(F)F)cc3)c3ccc(OC(F)(F)F)cc3)CC2)nc1N(C)C.O=C(O)C(F)(F)F. The number of halogens is 9. The minimum atomic E-state index is -5.08. The number of hydrogen-bond acceptors (Lipinski definition) is 14. The van der Waals surface area contributed by atoms with Crippen LogP contribution in [0.2, 0.25) is 0 Å². The molecule has 0 saturated heterocycles. The third-order valence-electron chi connectivity index (χ3n) is 12.0. The van der Waals surface area contributed by atoms with Crippen molar-refractivity contribution in [1.82, 2.24) is 30.6 Å². The van der Waals surface area contributed by atoms with E-state index in [0.717, 1.165) is 74.1 Å². The Bertz CT molecular complexity index is 2190. The van der Waals surface area contributed by atoms with Gasteiger partial charge in [-0.2, -0.15) is 23.1 Å². The molecule has 2 unspecified atom stereocenters. The number of benzene rings is 2. The van der Waals surface area contributed by atoms with Crippen molar-refractivity contribution in [1.29, 1.82) is 0 Å². The maximum absolute atomic E-state index is 15.0. The monoisotopic (exact) mass is 1010 g/mol. The highest BCUT2D eigenvalue weighted by Gasteiger charge is 2.38. The Balaban J connectivity index is 0.00000124. The Kier molecular flexibility index (Phi) is 19.1. The molecule has 5 N–H and O–H groups in total. The zero-order chi connectivity index (χ0) is 52.3. The van der Waals surface area contributed by atoms with Gasteiger partial charge < -0.3 is 45.6 Å². The summed E-state index contributed by atoms with van der Waals surface area (Å²) in [5, 5.41) is 21.2. The number of hydrogen-bond donors (Lipinski definition) is 5. The van der Waals surface area contributed by atoms with Crippen molar-refractivity contribution in [3.63, 3.8) is 0 Å². The second kappa shape index (κ2) is 24.3. The summed E-state index contributed by atoms with van der Waals surface area (Å²) in [6, 6.07) is 10.9. The summed E-state index contributed by atoms with van der Waals surface area (Å²) in [6.45, 7) is 4.25. The van der Waals surface area contributed by atoms with Crippen LogP contribution in [0.5, 0.6) is 11.5 Å². The number of anilines is 4. The van der Waals surface area contributed by atoms with E-state index >= 15 is 0 Å². The Morgan fingerprint density at radius 2 is 0.901 bits per heavy atom. The van der Waals surface area contributed by atoms with Gasteiger partial charge in [0.1, 0.15) is 28.9 Å². The van der Waals surface area contributed by atoms with Crippen molar-refractivity contribution in [3.8, 4) is 11.5 Å². The number of carboxylic acid groups (broad SMARTS) is 1. The smallest absolute Gasteiger partial charge is 0.475 e. The number of rotatable bonds is 18. The fourth-order valence-electron chi connectivity index (χ4n) is 8.54. The number of nitrogens with one attached hydrogen (secondary N) is 4. The predicted molar refractivity (Wildman–Crippen MR) is 248 cm³/mol. The van der Waals surface area contributed by atoms with Gasteiger partial charge in [0.25, 0.3) is 0 Å². The average Bonchev–Trinajstić information content (AvgIpc) is 3.28. The van der Waals surface area contributed by atoms with E-state index in [-0.39, 0.29) is 43.0 Å². The van der Waals surface area contributed by atoms with Gasteiger partial charge in [-0.3, -0.25) is 4.79 Å². The van der Waals surface area contributed by atoms with E-state index in [1.165, 1.54) is 48.5 Å². The van der Waals surface area contributed by atoms with Crippen LogP contribution in [0.3, 0.4) is 0 Å². The molecular weight excluding hydrogens is 956 g/mol. The van der Waals surface area contributed by atoms with Gasteiger partial charge in [0.15, 0.2) is 0 Å². The molecule has 2 aromatic heterocycles. The van der Waals surface area contributed by atoms with Crippen molar-refractivity contribution in [2.75, 3.05) is 61.7 Å². The summed E-state index contributed by atoms with van der Waals surface area (Å²) in [5.74, 6) is -2.77. The lowest BCUT2D eigenvalue weighted by Gasteiger charge is -2.33. The number of carboxylic acids is 1. The molecule has 24 heteroatoms. The third-order valence-corrected chi connectivity index (χ3v) is 12.0. The minimum Gasteiger partial charge on any atom is -0.475 e. The van der Waals surface area contributed by atoms with Crippen LogP contribution in [0.25, 0.3) is 0 Å². The summed E-state index contributed by atoms with van der Waals surface area (Å²) in [6.07, 6.45) is -4.97. The Labute approximate surface area is 405 Å². The molecule has 2 fully saturated rings. The number of ketones is 1. The zero-order valence-corrected chi connectivity index (χ0v) is 40.0. The van der Waals surface area contributed by atoms with Crippen molar-refractivity contribution in [2.24, 2.45) is 0 Å². The molecule has 71 heavy (non-hydrogen) atoms. The molecule has 2 aliphatic rings. The Morgan fingerprint density at radius 1 is 0.592 bits per heavy atom. The van der Waals surface area contributed by atoms with Gasteiger partial charge in [-0.05, 0) is 101 Å². The van der Waals surface area contributed by atoms with Crippen LogP contribution >= 0.6 is 0 Å². The fraction of sp³-hybridized carbons (Fsp3) is 0.532. The molecule has 0 radical (unpaired) electrons. The van der Waals surface area contributed by atoms with Gasteiger partial charge >= 0.3 is 24.9 Å². The minimum absolute atomic E-state index is 0.0383. The zero-order valence-electron chi connectivity index (χ0n) is 40.0. The highest BCUT2D eigenvalue weighted by molar-refractivity contribution is 5.92. The lowest BCUT2D eigenvalue weighted by molar-refractivity contribution is -0.275. The molecule has 4 aromatic rings. The number of Topliss-reactive ketones (excluding diaryl/α,β-unsaturated/α-hetero) is 1. The topological polar surface area (TPSA) is 179 Å². The van der Waals surface area contributed by atoms with E-state index in [4.69, 9.17) is 9.90 Å². The highest BCUT2D eigenvalue weighted by atomic mass is 19.4. The second-order valence-electron chi connectivity index (χ2n) is 17.9. The number of aliphatic carboxylic acids is 1. The molecule has 2 heterocycles. The lowest BCUT2D eigenvalue weighted by Crippen LogP contribution is -2.43. The molecule has 0 bridgehead atoms. The first-order valence-corrected chi connectivity index (χ1v) is 22.8. The number of alkyl halides is 9. The van der Waals surface area contributed by atoms with Crippen molar-refractivity contribution in [3.05, 3.63) is 83.2 Å². The summed E-state index contributed by atoms with van der Waals surface area (Å²) >= 11 is 0. The first kappa shape index (κ1) is 55.8. The summed E-state index contributed by atoms with van der Waals surface area (Å²) < 4.78 is 119. The molecule has 0 spiro atoms. The van der Waals surface area contributed by atoms with Crippen LogP contribution in [0.15, 0.2) is 60.9 Å². The van der Waals surface area contributed by atoms with Gasteiger partial charge in [-0.25, -0.2) is 14.8 Å². The second-order valence-corrected chi connectivity index (χ2v) is 17.9. The van der Waals surface area contributed by atoms with E-state index in [1.54, 1.807) is 12.4 Å². The molecule has 15 nitrogen and oxygen atoms in total. The third kappa shape index (κ3) is 17.6. The van der Waals surface area contributed by atoms with Crippen LogP contribution in [0.1, 0.15) is 85.5 Å². The number of aromatic nitrogens is 4. The quantitative estimate of drug-likeness (QED) is 0.0597. The van der Waals surface area contributed by atoms with Crippen molar-refractivity contribution < 1.29 is 63.7 Å². The number of carbonyl (C=O) groups is 2. The Morgan fingerprint density at radius 3 is 1.18 bits per heavy atom. The van der Waals surface area contributed by atoms with Crippen molar-refractivity contribution >= 4 is 35.3 Å². The van der Waals surface area contributed by atoms with Gasteiger partial charge in [0.2, 0.25) is 11.9 Å². The summed E-state index contributed by atoms with van der Waals surface area (Å²) in [7, 11) is 7.70. The van der Waals surface area contributed by atoms with Crippen LogP contribution in [0.4, 0.5) is 63.0 Å². The van der Waals surface area contributed by atoms with Gasteiger partial charge in [0, 0.05) is 89.0 Å². The molecule has 0 aliphatic heterocycles. The molecule has 6 rings (SSSR count). The molecule has 2 saturated carbocycles. The standard InChI is InChI=1S/C45H58F6N10O3.C2HF3O2/c1-27-23-54-42(58-40(27)60(3)4)56-33-15-11-31(12-16-33)52-25-37(29-7-19-35(20-8-29)63-44(46,47)48)39(62)38(30-9-21-36(22-10-30)64-45(49,50)51)26-53-32-13-17-34(18-14-32)57-43-55-24-28(2)41(59-43)61(5)6;3-2(4,5)1(6)7/h7-10,19-24,31-34,37-38,52-53H,11-18,25-26H2,1-6H3,(H,54,56,58)(H,55,57,59);(H,6,7)/t31-,32-,33+,34+,37?,38?;. The summed E-state index contributed by atoms with van der Waals surface area (Å²) in [5.41, 5.74) is 2.87. The number of aryl methyl sites for hydroxylation is 2. The normalized spacial score (nSPS) is 19.3. The van der Waals surface area contributed by atoms with E-state index < -0.39 is 48.2 Å². The first-order valence-electron chi connectivity index (χ1n) is 22.8. The van der Waals surface area contributed by atoms with Crippen molar-refractivity contribution in [2.45, 2.75) is 120 Å². The van der Waals surface area contributed by atoms with Crippen LogP contribution < -0.4 is 40.5 Å². The van der Waals surface area contributed by atoms with E-state index in [9.17, 15) is 44.3 Å². The van der Waals surface area contributed by atoms with Gasteiger partial charge in [0.05, 0.1) is 11.8 Å². The van der Waals surface area contributed by atoms with E-state index in [0.29, 0.717) is 23.0 Å². The number of ether oxygens (including phenoxy) is 2. The fourth-order valence-corrected chi connectivity index (χ4v) is 8.54. The molecule has 2 aromatic carbocycles. The maximum Gasteiger partial charge on any atom is 0.573 e. The largest absolute Gasteiger partial charge is 0.573 e. The lowest BCUT2D eigenvalue weighted by atomic mass is 9.82. The van der Waals surface area contributed by atoms with Crippen LogP contribution in [0, 0.1) is 13.8 Å². The van der Waals surface area contributed by atoms with E-state index in [2.05, 4.69) is 50.7 Å². The average molecular weight is 1020 g/mol. The number of nitrogens with zero attached hydrogens (tertiary/aromatic N) is 6. The molecule has 0 amide bonds. The maximum atomic E-state index is 15.0. The summed E-state index contributed by atoms with van der Waals surface area (Å²) in [4.78, 5) is 46.0. The van der Waals surface area contributed by atoms with Crippen LogP contribution in [-0.2, 0) is 9.59 Å².